The van der Waals surface area contributed by atoms with Crippen LogP contribution in [0.2, 0.25) is 0 Å². The lowest BCUT2D eigenvalue weighted by molar-refractivity contribution is -0.188. The molecule has 1 fully saturated rings. The second-order valence-corrected chi connectivity index (χ2v) is 12.7. The fraction of sp³-hybridized carbons (Fsp3) is 0.250. The number of hydrogen-bond donors (Lipinski definition) is 4. The van der Waals surface area contributed by atoms with Crippen molar-refractivity contribution < 1.29 is 58.7 Å². The zero-order valence-corrected chi connectivity index (χ0v) is 28.9. The van der Waals surface area contributed by atoms with E-state index < -0.39 is 72.2 Å². The number of amides is 2. The van der Waals surface area contributed by atoms with Gasteiger partial charge in [0.25, 0.3) is 0 Å². The van der Waals surface area contributed by atoms with Crippen LogP contribution in [0, 0.1) is 23.7 Å². The number of carbonyl (C=O) groups excluding carboxylic acids is 2. The smallest absolute Gasteiger partial charge is 0.308 e. The van der Waals surface area contributed by atoms with Gasteiger partial charge in [0.1, 0.15) is 23.0 Å². The van der Waals surface area contributed by atoms with Gasteiger partial charge >= 0.3 is 23.9 Å². The predicted octanol–water partition coefficient (Wildman–Crippen LogP) is 5.23. The van der Waals surface area contributed by atoms with Gasteiger partial charge in [0, 0.05) is 26.2 Å². The van der Waals surface area contributed by atoms with Crippen molar-refractivity contribution in [3.8, 4) is 23.0 Å². The summed E-state index contributed by atoms with van der Waals surface area (Å²) < 4.78 is 11.6. The van der Waals surface area contributed by atoms with E-state index in [2.05, 4.69) is 0 Å². The van der Waals surface area contributed by atoms with E-state index >= 15 is 0 Å². The van der Waals surface area contributed by atoms with Gasteiger partial charge in [-0.1, -0.05) is 60.7 Å². The lowest BCUT2D eigenvalue weighted by Gasteiger charge is -2.48. The average molecular weight is 739 g/mol. The molecule has 0 bridgehead atoms. The zero-order valence-electron chi connectivity index (χ0n) is 28.9. The van der Waals surface area contributed by atoms with Crippen LogP contribution >= 0.6 is 0 Å². The number of rotatable bonds is 18. The maximum absolute atomic E-state index is 14.1. The SMILES string of the molecule is O=C(O)CCN(Cc1ccc(Oc2ccccc2)cc1)C(=O)[C@H]1[C@H](C(=O)O)[C@H](C(=O)N(CCC(=O)O)Cc2ccc(Oc3ccccc3)cc2)[C@H]1C(=O)O. The lowest BCUT2D eigenvalue weighted by atomic mass is 9.55. The highest BCUT2D eigenvalue weighted by atomic mass is 16.5. The number of nitrogens with zero attached hydrogens (tertiary/aromatic N) is 2. The molecule has 4 aromatic carbocycles. The first-order valence-electron chi connectivity index (χ1n) is 17.0. The first-order chi connectivity index (χ1) is 25.9. The molecule has 1 saturated carbocycles. The van der Waals surface area contributed by atoms with Crippen molar-refractivity contribution in [1.29, 1.82) is 0 Å². The average Bonchev–Trinajstić information content (AvgIpc) is 3.13. The van der Waals surface area contributed by atoms with E-state index in [-0.39, 0.29) is 26.2 Å². The molecule has 54 heavy (non-hydrogen) atoms. The molecule has 14 nitrogen and oxygen atoms in total. The molecule has 2 amide bonds. The fourth-order valence-electron chi connectivity index (χ4n) is 6.41. The van der Waals surface area contributed by atoms with Crippen molar-refractivity contribution in [2.24, 2.45) is 23.7 Å². The highest BCUT2D eigenvalue weighted by Gasteiger charge is 2.64. The number of hydrogen-bond acceptors (Lipinski definition) is 8. The normalized spacial score (nSPS) is 17.3. The van der Waals surface area contributed by atoms with Crippen LogP contribution in [-0.2, 0) is 41.9 Å². The van der Waals surface area contributed by atoms with Crippen molar-refractivity contribution >= 4 is 35.7 Å². The molecule has 1 aliphatic carbocycles. The summed E-state index contributed by atoms with van der Waals surface area (Å²) in [6, 6.07) is 31.0. The Kier molecular flexibility index (Phi) is 12.6. The van der Waals surface area contributed by atoms with Crippen LogP contribution < -0.4 is 9.47 Å². The molecular weight excluding hydrogens is 700 g/mol. The standard InChI is InChI=1S/C40H38N2O12/c43-31(44)19-21-41(23-25-11-15-29(16-12-25)53-27-7-3-1-4-8-27)37(47)33-35(39(49)50)34(36(33)40(51)52)38(48)42(22-20-32(45)46)24-26-13-17-30(18-14-26)54-28-9-5-2-6-10-28/h1-18,33-36H,19-24H2,(H,43,44)(H,45,46)(H,49,50)(H,51,52)/t33-,34-,35-,36-. The Labute approximate surface area is 309 Å². The van der Waals surface area contributed by atoms with Gasteiger partial charge in [-0.05, 0) is 59.7 Å². The molecule has 0 unspecified atom stereocenters. The second-order valence-electron chi connectivity index (χ2n) is 12.7. The van der Waals surface area contributed by atoms with Crippen LogP contribution in [0.1, 0.15) is 24.0 Å². The summed E-state index contributed by atoms with van der Waals surface area (Å²) in [6.45, 7) is -1.08. The monoisotopic (exact) mass is 738 g/mol. The van der Waals surface area contributed by atoms with E-state index in [9.17, 15) is 49.2 Å². The van der Waals surface area contributed by atoms with Crippen molar-refractivity contribution in [3.05, 3.63) is 120 Å². The Balaban J connectivity index is 1.36. The highest BCUT2D eigenvalue weighted by Crippen LogP contribution is 2.49. The topological polar surface area (TPSA) is 208 Å². The first kappa shape index (κ1) is 38.5. The van der Waals surface area contributed by atoms with Gasteiger partial charge in [-0.3, -0.25) is 28.8 Å². The molecule has 5 rings (SSSR count). The number of ether oxygens (including phenoxy) is 2. The van der Waals surface area contributed by atoms with Crippen LogP contribution in [-0.4, -0.2) is 79.0 Å². The molecule has 280 valence electrons. The zero-order chi connectivity index (χ0) is 38.8. The summed E-state index contributed by atoms with van der Waals surface area (Å²) in [5.74, 6) is -12.4. The third-order valence-corrected chi connectivity index (χ3v) is 9.05. The van der Waals surface area contributed by atoms with Crippen molar-refractivity contribution in [1.82, 2.24) is 9.80 Å². The number of benzene rings is 4. The molecular formula is C40H38N2O12. The van der Waals surface area contributed by atoms with E-state index in [4.69, 9.17) is 9.47 Å². The van der Waals surface area contributed by atoms with E-state index in [1.54, 1.807) is 97.1 Å². The van der Waals surface area contributed by atoms with Gasteiger partial charge in [-0.25, -0.2) is 0 Å². The van der Waals surface area contributed by atoms with Gasteiger partial charge in [-0.2, -0.15) is 0 Å². The summed E-state index contributed by atoms with van der Waals surface area (Å²) in [6.07, 6.45) is -1.02. The third-order valence-electron chi connectivity index (χ3n) is 9.05. The van der Waals surface area contributed by atoms with E-state index in [1.807, 2.05) is 12.1 Å². The van der Waals surface area contributed by atoms with E-state index in [0.717, 1.165) is 9.80 Å². The number of carbonyl (C=O) groups is 6. The lowest BCUT2D eigenvalue weighted by Crippen LogP contribution is -2.64. The van der Waals surface area contributed by atoms with Gasteiger partial charge in [0.05, 0.1) is 36.5 Å². The fourth-order valence-corrected chi connectivity index (χ4v) is 6.41. The van der Waals surface area contributed by atoms with Crippen LogP contribution in [0.4, 0.5) is 0 Å². The summed E-state index contributed by atoms with van der Waals surface area (Å²) in [4.78, 5) is 78.7. The quantitative estimate of drug-likeness (QED) is 0.104. The highest BCUT2D eigenvalue weighted by molar-refractivity contribution is 5.99. The maximum atomic E-state index is 14.1. The van der Waals surface area contributed by atoms with Gasteiger partial charge in [0.2, 0.25) is 11.8 Å². The number of carboxylic acids is 4. The molecule has 0 aromatic heterocycles. The van der Waals surface area contributed by atoms with Gasteiger partial charge in [-0.15, -0.1) is 0 Å². The van der Waals surface area contributed by atoms with Crippen LogP contribution in [0.5, 0.6) is 23.0 Å². The van der Waals surface area contributed by atoms with Crippen LogP contribution in [0.25, 0.3) is 0 Å². The Morgan fingerprint density at radius 1 is 0.444 bits per heavy atom. The molecule has 4 N–H and O–H groups in total. The Morgan fingerprint density at radius 2 is 0.759 bits per heavy atom. The van der Waals surface area contributed by atoms with Gasteiger partial charge in [0.15, 0.2) is 0 Å². The third kappa shape index (κ3) is 9.79. The summed E-state index contributed by atoms with van der Waals surface area (Å²) in [5, 5.41) is 39.4. The molecule has 4 aromatic rings. The molecule has 0 saturated heterocycles. The Morgan fingerprint density at radius 3 is 1.06 bits per heavy atom. The minimum Gasteiger partial charge on any atom is -0.481 e. The summed E-state index contributed by atoms with van der Waals surface area (Å²) >= 11 is 0. The number of aliphatic carboxylic acids is 4. The maximum Gasteiger partial charge on any atom is 0.308 e. The van der Waals surface area contributed by atoms with Gasteiger partial charge < -0.3 is 39.7 Å². The second kappa shape index (κ2) is 17.7. The largest absolute Gasteiger partial charge is 0.481 e. The Bertz CT molecular complexity index is 1800. The molecule has 14 heteroatoms. The molecule has 0 radical (unpaired) electrons. The minimum atomic E-state index is -1.78. The first-order valence-corrected chi connectivity index (χ1v) is 17.0. The number of carboxylic acid groups (broad SMARTS) is 4. The van der Waals surface area contributed by atoms with Crippen LogP contribution in [0.3, 0.4) is 0 Å². The Hall–Kier alpha value is -6.70. The summed E-state index contributed by atoms with van der Waals surface area (Å²) in [5.41, 5.74) is 1.06. The number of para-hydroxylation sites is 2. The predicted molar refractivity (Wildman–Crippen MR) is 190 cm³/mol. The van der Waals surface area contributed by atoms with Crippen molar-refractivity contribution in [2.45, 2.75) is 25.9 Å². The minimum absolute atomic E-state index is 0.180. The molecule has 0 atom stereocenters. The van der Waals surface area contributed by atoms with Crippen molar-refractivity contribution in [3.63, 3.8) is 0 Å². The summed E-state index contributed by atoms with van der Waals surface area (Å²) in [7, 11) is 0. The van der Waals surface area contributed by atoms with E-state index in [1.165, 1.54) is 0 Å². The van der Waals surface area contributed by atoms with Crippen molar-refractivity contribution in [2.75, 3.05) is 13.1 Å². The molecule has 0 spiro atoms. The van der Waals surface area contributed by atoms with Crippen LogP contribution in [0.15, 0.2) is 109 Å². The molecule has 1 aliphatic rings. The van der Waals surface area contributed by atoms with E-state index in [0.29, 0.717) is 34.1 Å². The molecule has 0 heterocycles. The molecule has 0 aliphatic heterocycles.